The van der Waals surface area contributed by atoms with Crippen molar-refractivity contribution in [2.24, 2.45) is 0 Å². The first-order chi connectivity index (χ1) is 2.56. The molecule has 0 spiro atoms. The summed E-state index contributed by atoms with van der Waals surface area (Å²) < 4.78 is 32.3. The first-order valence-corrected chi connectivity index (χ1v) is 2.01. The second-order valence-corrected chi connectivity index (χ2v) is 1.26. The van der Waals surface area contributed by atoms with Gasteiger partial charge in [-0.15, -0.1) is 0 Å². The summed E-state index contributed by atoms with van der Waals surface area (Å²) in [6.07, 6.45) is 0. The number of halogens is 3. The number of hydrogen-bond donors (Lipinski definition) is 1. The molecule has 6 heteroatoms. The van der Waals surface area contributed by atoms with Gasteiger partial charge in [0.2, 0.25) is 0 Å². The predicted octanol–water partition coefficient (Wildman–Crippen LogP) is -1.69. The van der Waals surface area contributed by atoms with Crippen LogP contribution in [-0.4, -0.2) is 12.6 Å². The van der Waals surface area contributed by atoms with Crippen molar-refractivity contribution in [2.75, 3.05) is 5.65 Å². The van der Waals surface area contributed by atoms with E-state index in [4.69, 9.17) is 0 Å². The van der Waals surface area contributed by atoms with Crippen molar-refractivity contribution in [3.8, 4) is 0 Å². The van der Waals surface area contributed by atoms with Crippen LogP contribution in [0.3, 0.4) is 0 Å². The quantitative estimate of drug-likeness (QED) is 0.338. The third-order valence-electron chi connectivity index (χ3n) is 0.207. The van der Waals surface area contributed by atoms with Crippen LogP contribution in [0, 0.1) is 0 Å². The summed E-state index contributed by atoms with van der Waals surface area (Å²) in [5, 5.41) is 0. The Morgan fingerprint density at radius 1 is 1.29 bits per heavy atom. The van der Waals surface area contributed by atoms with E-state index in [-0.39, 0.29) is 51.4 Å². The summed E-state index contributed by atoms with van der Waals surface area (Å²) in [6.45, 7) is -4.62. The molecule has 38 valence electrons. The van der Waals surface area contributed by atoms with Crippen LogP contribution in [0.15, 0.2) is 0 Å². The molecular weight excluding hydrogens is 151 g/mol. The van der Waals surface area contributed by atoms with Gasteiger partial charge in [-0.3, -0.25) is 0 Å². The molecule has 0 N–H and O–H groups in total. The van der Waals surface area contributed by atoms with E-state index in [2.05, 4.69) is 12.6 Å². The number of hydrogen-bond acceptors (Lipinski definition) is 1. The Bertz CT molecular complexity index is 44.7. The predicted molar refractivity (Wildman–Crippen MR) is 22.9 cm³/mol. The largest absolute Gasteiger partial charge is 1.00 e. The summed E-state index contributed by atoms with van der Waals surface area (Å²) in [6, 6.07) is 0. The average molecular weight is 154 g/mol. The Morgan fingerprint density at radius 3 is 1.43 bits per heavy atom. The van der Waals surface area contributed by atoms with Gasteiger partial charge < -0.3 is 12.9 Å². The Kier molecular flexibility index (Phi) is 7.79. The van der Waals surface area contributed by atoms with Crippen molar-refractivity contribution in [1.29, 1.82) is 0 Å². The first kappa shape index (κ1) is 11.6. The molecule has 0 fully saturated rings. The molecule has 0 heterocycles. The topological polar surface area (TPSA) is 0 Å². The van der Waals surface area contributed by atoms with Gasteiger partial charge in [0.15, 0.2) is 0 Å². The Balaban J connectivity index is 0. The van der Waals surface area contributed by atoms with Gasteiger partial charge in [-0.1, -0.05) is 0 Å². The van der Waals surface area contributed by atoms with Crippen molar-refractivity contribution in [2.45, 2.75) is 0 Å². The van der Waals surface area contributed by atoms with Gasteiger partial charge in [-0.05, 0) is 5.65 Å². The number of rotatable bonds is 1. The fraction of sp³-hybridized carbons (Fsp3) is 1.00. The molecule has 0 aromatic carbocycles. The van der Waals surface area contributed by atoms with Crippen LogP contribution in [0.1, 0.15) is 0 Å². The van der Waals surface area contributed by atoms with Crippen molar-refractivity contribution < 1.29 is 64.3 Å². The van der Waals surface area contributed by atoms with Crippen LogP contribution in [-0.2, 0) is 0 Å². The van der Waals surface area contributed by atoms with Crippen LogP contribution < -0.4 is 51.4 Å². The van der Waals surface area contributed by atoms with E-state index in [0.29, 0.717) is 0 Å². The molecule has 0 atom stereocenters. The summed E-state index contributed by atoms with van der Waals surface area (Å²) in [5.41, 5.74) is -0.972. The third-order valence-corrected chi connectivity index (χ3v) is 0.621. The molecular formula is CH3BF3KS. The van der Waals surface area contributed by atoms with Gasteiger partial charge in [-0.2, -0.15) is 0 Å². The fourth-order valence-corrected chi connectivity index (χ4v) is 0. The summed E-state index contributed by atoms with van der Waals surface area (Å²) in [7, 11) is 0. The molecule has 7 heavy (non-hydrogen) atoms. The summed E-state index contributed by atoms with van der Waals surface area (Å²) in [5.74, 6) is 0. The van der Waals surface area contributed by atoms with Gasteiger partial charge in [0, 0.05) is 0 Å². The standard InChI is InChI=1S/CH3BF3S.K/c3-2(4,5)1-6;/h6H,1H2;/q-1;+1. The van der Waals surface area contributed by atoms with Crippen LogP contribution >= 0.6 is 12.6 Å². The average Bonchev–Trinajstić information content (AvgIpc) is 1.35. The van der Waals surface area contributed by atoms with Crippen LogP contribution in [0.2, 0.25) is 0 Å². The van der Waals surface area contributed by atoms with Crippen molar-refractivity contribution >= 4 is 19.6 Å². The Labute approximate surface area is 88.1 Å². The van der Waals surface area contributed by atoms with Gasteiger partial charge in [-0.25, -0.2) is 12.6 Å². The molecule has 0 saturated heterocycles. The smallest absolute Gasteiger partial charge is 0.448 e. The van der Waals surface area contributed by atoms with Crippen LogP contribution in [0.25, 0.3) is 0 Å². The zero-order valence-corrected chi connectivity index (χ0v) is 7.88. The minimum atomic E-state index is -4.62. The monoisotopic (exact) mass is 154 g/mol. The minimum Gasteiger partial charge on any atom is -0.448 e. The van der Waals surface area contributed by atoms with Crippen molar-refractivity contribution in [3.63, 3.8) is 0 Å². The Morgan fingerprint density at radius 2 is 1.43 bits per heavy atom. The number of thiol groups is 1. The van der Waals surface area contributed by atoms with E-state index in [1.807, 2.05) is 0 Å². The normalized spacial score (nSPS) is 10.3. The maximum atomic E-state index is 10.8. The molecule has 0 amide bonds. The Hall–Kier alpha value is 1.84. The van der Waals surface area contributed by atoms with Crippen molar-refractivity contribution in [1.82, 2.24) is 0 Å². The first-order valence-electron chi connectivity index (χ1n) is 1.38. The van der Waals surface area contributed by atoms with E-state index in [1.54, 1.807) is 0 Å². The maximum absolute atomic E-state index is 10.8. The molecule has 0 nitrogen and oxygen atoms in total. The molecule has 0 radical (unpaired) electrons. The van der Waals surface area contributed by atoms with Gasteiger partial charge >= 0.3 is 58.4 Å². The van der Waals surface area contributed by atoms with Crippen molar-refractivity contribution in [3.05, 3.63) is 0 Å². The molecule has 0 aromatic heterocycles. The molecule has 0 aliphatic rings. The molecule has 0 aliphatic carbocycles. The van der Waals surface area contributed by atoms with Crippen LogP contribution in [0.5, 0.6) is 0 Å². The molecule has 0 saturated carbocycles. The van der Waals surface area contributed by atoms with E-state index in [9.17, 15) is 12.9 Å². The van der Waals surface area contributed by atoms with E-state index < -0.39 is 12.6 Å². The zero-order valence-electron chi connectivity index (χ0n) is 3.87. The van der Waals surface area contributed by atoms with Gasteiger partial charge in [0.1, 0.15) is 0 Å². The third kappa shape index (κ3) is 11.4. The SMILES string of the molecule is F[B-](F)(F)CS.[K+]. The van der Waals surface area contributed by atoms with E-state index in [0.717, 1.165) is 0 Å². The second-order valence-electron chi connectivity index (χ2n) is 0.893. The summed E-state index contributed by atoms with van der Waals surface area (Å²) >= 11 is 3.00. The second kappa shape index (κ2) is 4.69. The summed E-state index contributed by atoms with van der Waals surface area (Å²) in [4.78, 5) is 0. The van der Waals surface area contributed by atoms with Crippen LogP contribution in [0.4, 0.5) is 12.9 Å². The molecule has 0 rings (SSSR count). The van der Waals surface area contributed by atoms with Gasteiger partial charge in [0.05, 0.1) is 0 Å². The zero-order chi connectivity index (χ0) is 5.21. The molecule has 0 unspecified atom stereocenters. The fourth-order valence-electron chi connectivity index (χ4n) is 0. The van der Waals surface area contributed by atoms with E-state index >= 15 is 0 Å². The maximum Gasteiger partial charge on any atom is 1.00 e. The molecule has 0 aromatic rings. The minimum absolute atomic E-state index is 0. The molecule has 0 bridgehead atoms. The molecule has 0 aliphatic heterocycles. The van der Waals surface area contributed by atoms with E-state index in [1.165, 1.54) is 0 Å². The van der Waals surface area contributed by atoms with Gasteiger partial charge in [0.25, 0.3) is 0 Å².